The Labute approximate surface area is 227 Å². The van der Waals surface area contributed by atoms with Gasteiger partial charge < -0.3 is 20.0 Å². The molecule has 4 aliphatic rings. The second-order valence-corrected chi connectivity index (χ2v) is 12.1. The molecule has 1 aromatic heterocycles. The molecule has 0 radical (unpaired) electrons. The molecule has 5 heterocycles. The Morgan fingerprint density at radius 1 is 1.13 bits per heavy atom. The van der Waals surface area contributed by atoms with E-state index in [0.29, 0.717) is 57.7 Å². The van der Waals surface area contributed by atoms with Gasteiger partial charge in [0.2, 0.25) is 5.91 Å². The highest BCUT2D eigenvalue weighted by atomic mass is 32.1. The number of hydrogen-bond donors (Lipinski definition) is 1. The van der Waals surface area contributed by atoms with Gasteiger partial charge in [0.15, 0.2) is 0 Å². The summed E-state index contributed by atoms with van der Waals surface area (Å²) in [4.78, 5) is 54.2. The van der Waals surface area contributed by atoms with Crippen LogP contribution in [0.3, 0.4) is 0 Å². The summed E-state index contributed by atoms with van der Waals surface area (Å²) in [6.45, 7) is 3.59. The van der Waals surface area contributed by atoms with Crippen molar-refractivity contribution >= 4 is 34.7 Å². The van der Waals surface area contributed by atoms with Crippen molar-refractivity contribution in [3.05, 3.63) is 45.9 Å². The first-order valence-corrected chi connectivity index (χ1v) is 14.6. The second-order valence-electron chi connectivity index (χ2n) is 11.2. The molecule has 38 heavy (non-hydrogen) atoms. The number of nitrogens with zero attached hydrogens (tertiary/aromatic N) is 5. The van der Waals surface area contributed by atoms with Crippen LogP contribution in [0.2, 0.25) is 0 Å². The molecule has 2 bridgehead atoms. The van der Waals surface area contributed by atoms with Crippen molar-refractivity contribution in [2.24, 2.45) is 5.92 Å². The molecule has 4 aliphatic heterocycles. The molecule has 9 nitrogen and oxygen atoms in total. The zero-order chi connectivity index (χ0) is 26.4. The molecule has 1 spiro atoms. The van der Waals surface area contributed by atoms with Gasteiger partial charge in [-0.3, -0.25) is 19.3 Å². The van der Waals surface area contributed by atoms with E-state index in [2.05, 4.69) is 15.2 Å². The van der Waals surface area contributed by atoms with Crippen molar-refractivity contribution in [3.8, 4) is 0 Å². The SMILES string of the molecule is CN(C)Cc1nc(C(=O)N2CCCNC(=O)[C@@H]3C[C@@H]4CCCN4[C@@]34C(=O)N(CCC2)c2ccccc24)cs1. The Bertz CT molecular complexity index is 1250. The largest absolute Gasteiger partial charge is 0.356 e. The van der Waals surface area contributed by atoms with E-state index in [1.165, 1.54) is 11.3 Å². The summed E-state index contributed by atoms with van der Waals surface area (Å²) in [5, 5.41) is 5.89. The van der Waals surface area contributed by atoms with Crippen molar-refractivity contribution in [2.45, 2.75) is 50.2 Å². The zero-order valence-electron chi connectivity index (χ0n) is 22.2. The summed E-state index contributed by atoms with van der Waals surface area (Å²) >= 11 is 1.50. The number of thiazole rings is 1. The van der Waals surface area contributed by atoms with Gasteiger partial charge in [0.1, 0.15) is 16.2 Å². The summed E-state index contributed by atoms with van der Waals surface area (Å²) in [5.41, 5.74) is 1.42. The third-order valence-electron chi connectivity index (χ3n) is 8.56. The quantitative estimate of drug-likeness (QED) is 0.648. The molecule has 0 unspecified atom stereocenters. The Balaban J connectivity index is 1.29. The van der Waals surface area contributed by atoms with Crippen molar-refractivity contribution in [1.82, 2.24) is 25.0 Å². The summed E-state index contributed by atoms with van der Waals surface area (Å²) < 4.78 is 0. The van der Waals surface area contributed by atoms with E-state index < -0.39 is 11.5 Å². The third kappa shape index (κ3) is 4.04. The number of aromatic nitrogens is 1. The van der Waals surface area contributed by atoms with E-state index in [0.717, 1.165) is 35.6 Å². The maximum Gasteiger partial charge on any atom is 0.273 e. The molecule has 3 amide bonds. The van der Waals surface area contributed by atoms with Gasteiger partial charge in [-0.05, 0) is 58.8 Å². The zero-order valence-corrected chi connectivity index (χ0v) is 23.0. The number of anilines is 1. The number of carbonyl (C=O) groups excluding carboxylic acids is 3. The maximum atomic E-state index is 14.4. The fourth-order valence-corrected chi connectivity index (χ4v) is 7.92. The predicted molar refractivity (Wildman–Crippen MR) is 146 cm³/mol. The van der Waals surface area contributed by atoms with Crippen LogP contribution in [0.4, 0.5) is 5.69 Å². The van der Waals surface area contributed by atoms with Crippen LogP contribution < -0.4 is 10.2 Å². The van der Waals surface area contributed by atoms with E-state index in [9.17, 15) is 14.4 Å². The standard InChI is InChI=1S/C28H36N6O3S/c1-31(2)17-24-30-22(18-38-24)26(36)32-12-6-11-29-25(35)21-16-19-8-5-15-34(19)28(21)20-9-3-4-10-23(20)33(27(28)37)14-7-13-32/h3-4,9-10,18-19,21H,5-8,11-17H2,1-2H3,(H,29,35)/t19-,21-,28+/m0/s1. The minimum Gasteiger partial charge on any atom is -0.356 e. The first kappa shape index (κ1) is 25.5. The lowest BCUT2D eigenvalue weighted by molar-refractivity contribution is -0.138. The summed E-state index contributed by atoms with van der Waals surface area (Å²) in [7, 11) is 3.96. The number of amides is 3. The fourth-order valence-electron chi connectivity index (χ4n) is 7.04. The van der Waals surface area contributed by atoms with Gasteiger partial charge in [-0.15, -0.1) is 11.3 Å². The Morgan fingerprint density at radius 2 is 1.95 bits per heavy atom. The minimum atomic E-state index is -0.922. The van der Waals surface area contributed by atoms with Crippen LogP contribution >= 0.6 is 11.3 Å². The van der Waals surface area contributed by atoms with Crippen molar-refractivity contribution < 1.29 is 14.4 Å². The minimum absolute atomic E-state index is 0.0215. The molecule has 3 saturated heterocycles. The number of para-hydroxylation sites is 1. The lowest BCUT2D eigenvalue weighted by Crippen LogP contribution is -2.56. The van der Waals surface area contributed by atoms with Crippen LogP contribution in [0, 0.1) is 5.92 Å². The van der Waals surface area contributed by atoms with E-state index in [-0.39, 0.29) is 23.8 Å². The first-order chi connectivity index (χ1) is 18.4. The van der Waals surface area contributed by atoms with Gasteiger partial charge in [0.05, 0.1) is 5.92 Å². The molecule has 0 aliphatic carbocycles. The molecule has 6 rings (SSSR count). The molecule has 3 atom stereocenters. The number of rotatable bonds is 3. The van der Waals surface area contributed by atoms with Crippen LogP contribution in [-0.2, 0) is 21.7 Å². The Kier molecular flexibility index (Phi) is 6.74. The van der Waals surface area contributed by atoms with Crippen LogP contribution in [0.15, 0.2) is 29.6 Å². The molecule has 10 heteroatoms. The number of benzene rings is 1. The van der Waals surface area contributed by atoms with E-state index >= 15 is 0 Å². The highest BCUT2D eigenvalue weighted by Crippen LogP contribution is 2.57. The topological polar surface area (TPSA) is 89.1 Å². The molecule has 1 aromatic carbocycles. The van der Waals surface area contributed by atoms with Gasteiger partial charge in [0.25, 0.3) is 11.8 Å². The van der Waals surface area contributed by atoms with Crippen LogP contribution in [0.25, 0.3) is 0 Å². The smallest absolute Gasteiger partial charge is 0.273 e. The molecule has 0 saturated carbocycles. The maximum absolute atomic E-state index is 14.4. The summed E-state index contributed by atoms with van der Waals surface area (Å²) in [6.07, 6.45) is 4.12. The van der Waals surface area contributed by atoms with Crippen LogP contribution in [0.1, 0.15) is 53.2 Å². The highest BCUT2D eigenvalue weighted by Gasteiger charge is 2.67. The van der Waals surface area contributed by atoms with Gasteiger partial charge in [-0.2, -0.15) is 0 Å². The highest BCUT2D eigenvalue weighted by molar-refractivity contribution is 7.09. The first-order valence-electron chi connectivity index (χ1n) is 13.8. The molecule has 202 valence electrons. The van der Waals surface area contributed by atoms with Crippen LogP contribution in [-0.4, -0.2) is 90.3 Å². The predicted octanol–water partition coefficient (Wildman–Crippen LogP) is 2.28. The second kappa shape index (κ2) is 10.1. The van der Waals surface area contributed by atoms with Gasteiger partial charge in [-0.1, -0.05) is 18.2 Å². The Hall–Kier alpha value is -2.82. The number of carbonyl (C=O) groups is 3. The van der Waals surface area contributed by atoms with E-state index in [4.69, 9.17) is 0 Å². The molecule has 3 fully saturated rings. The summed E-state index contributed by atoms with van der Waals surface area (Å²) in [5.74, 6) is -0.522. The lowest BCUT2D eigenvalue weighted by Gasteiger charge is -2.37. The average Bonchev–Trinajstić information content (AvgIpc) is 3.66. The van der Waals surface area contributed by atoms with Gasteiger partial charge in [-0.25, -0.2) is 4.98 Å². The molecular weight excluding hydrogens is 500 g/mol. The molecule has 2 aromatic rings. The van der Waals surface area contributed by atoms with Gasteiger partial charge >= 0.3 is 0 Å². The van der Waals surface area contributed by atoms with Crippen molar-refractivity contribution in [2.75, 3.05) is 51.7 Å². The molecule has 1 N–H and O–H groups in total. The fraction of sp³-hybridized carbons (Fsp3) is 0.571. The third-order valence-corrected chi connectivity index (χ3v) is 9.39. The summed E-state index contributed by atoms with van der Waals surface area (Å²) in [6, 6.07) is 8.27. The molecular formula is C28H36N6O3S. The van der Waals surface area contributed by atoms with Crippen molar-refractivity contribution in [1.29, 1.82) is 0 Å². The monoisotopic (exact) mass is 536 g/mol. The number of nitrogens with one attached hydrogen (secondary N) is 1. The van der Waals surface area contributed by atoms with Crippen LogP contribution in [0.5, 0.6) is 0 Å². The number of hydrogen-bond acceptors (Lipinski definition) is 7. The normalized spacial score (nSPS) is 27.9. The van der Waals surface area contributed by atoms with Crippen molar-refractivity contribution in [3.63, 3.8) is 0 Å². The van der Waals surface area contributed by atoms with E-state index in [1.54, 1.807) is 0 Å². The average molecular weight is 537 g/mol. The van der Waals surface area contributed by atoms with E-state index in [1.807, 2.05) is 58.4 Å². The number of fused-ring (bicyclic) bond motifs is 4. The Morgan fingerprint density at radius 3 is 2.79 bits per heavy atom. The van der Waals surface area contributed by atoms with Gasteiger partial charge in [0, 0.05) is 55.4 Å². The lowest BCUT2D eigenvalue weighted by atomic mass is 9.78.